The smallest absolute Gasteiger partial charge is 0.183 e. The van der Waals surface area contributed by atoms with Crippen LogP contribution in [-0.4, -0.2) is 15.2 Å². The van der Waals surface area contributed by atoms with Gasteiger partial charge in [0.2, 0.25) is 0 Å². The standard InChI is InChI=1S/C15H13ClN4/c16-9-4-1-3-8(7-9)13-11-6-2-5-10(11)12-14(17)19-20-15(12)18-13/h1,3-4,7H,2,5-6H2,(H3,17,18,19,20). The molecule has 1 aromatic carbocycles. The zero-order valence-electron chi connectivity index (χ0n) is 10.8. The molecule has 0 bridgehead atoms. The topological polar surface area (TPSA) is 67.6 Å². The lowest BCUT2D eigenvalue weighted by Crippen LogP contribution is -1.96. The van der Waals surface area contributed by atoms with E-state index >= 15 is 0 Å². The van der Waals surface area contributed by atoms with Crippen LogP contribution in [0.4, 0.5) is 5.82 Å². The van der Waals surface area contributed by atoms with Gasteiger partial charge < -0.3 is 5.73 Å². The highest BCUT2D eigenvalue weighted by atomic mass is 35.5. The number of pyridine rings is 1. The minimum absolute atomic E-state index is 0.614. The SMILES string of the molecule is Nc1[nH]nc2nc(-c3cccc(Cl)c3)c3c(c12)CCC3. The third kappa shape index (κ3) is 1.61. The van der Waals surface area contributed by atoms with E-state index in [9.17, 15) is 0 Å². The van der Waals surface area contributed by atoms with E-state index < -0.39 is 0 Å². The first-order valence-electron chi connectivity index (χ1n) is 6.65. The second-order valence-electron chi connectivity index (χ2n) is 5.12. The summed E-state index contributed by atoms with van der Waals surface area (Å²) in [4.78, 5) is 4.70. The largest absolute Gasteiger partial charge is 0.384 e. The van der Waals surface area contributed by atoms with Crippen LogP contribution in [0.5, 0.6) is 0 Å². The van der Waals surface area contributed by atoms with Crippen molar-refractivity contribution >= 4 is 28.5 Å². The van der Waals surface area contributed by atoms with Crippen LogP contribution < -0.4 is 5.73 Å². The molecule has 4 nitrogen and oxygen atoms in total. The lowest BCUT2D eigenvalue weighted by atomic mass is 10.0. The molecule has 0 fully saturated rings. The average molecular weight is 285 g/mol. The van der Waals surface area contributed by atoms with E-state index in [1.807, 2.05) is 24.3 Å². The van der Waals surface area contributed by atoms with Gasteiger partial charge in [-0.15, -0.1) is 0 Å². The van der Waals surface area contributed by atoms with Crippen LogP contribution in [0.2, 0.25) is 5.02 Å². The molecule has 0 saturated heterocycles. The Morgan fingerprint density at radius 1 is 1.20 bits per heavy atom. The van der Waals surface area contributed by atoms with Gasteiger partial charge in [0.05, 0.1) is 11.1 Å². The molecule has 4 rings (SSSR count). The predicted octanol–water partition coefficient (Wildman–Crippen LogP) is 3.35. The van der Waals surface area contributed by atoms with Crippen molar-refractivity contribution in [3.8, 4) is 11.3 Å². The maximum absolute atomic E-state index is 6.10. The van der Waals surface area contributed by atoms with Crippen molar-refractivity contribution in [2.24, 2.45) is 0 Å². The number of rotatable bonds is 1. The second-order valence-corrected chi connectivity index (χ2v) is 5.55. The molecular formula is C15H13ClN4. The summed E-state index contributed by atoms with van der Waals surface area (Å²) in [5, 5.41) is 8.76. The van der Waals surface area contributed by atoms with Gasteiger partial charge in [0.15, 0.2) is 5.65 Å². The summed E-state index contributed by atoms with van der Waals surface area (Å²) in [5.74, 6) is 0.614. The number of hydrogen-bond donors (Lipinski definition) is 2. The van der Waals surface area contributed by atoms with Crippen molar-refractivity contribution in [1.29, 1.82) is 0 Å². The number of benzene rings is 1. The van der Waals surface area contributed by atoms with Crippen molar-refractivity contribution in [3.63, 3.8) is 0 Å². The first-order valence-corrected chi connectivity index (χ1v) is 7.03. The van der Waals surface area contributed by atoms with E-state index in [0.717, 1.165) is 40.9 Å². The lowest BCUT2D eigenvalue weighted by Gasteiger charge is -2.09. The summed E-state index contributed by atoms with van der Waals surface area (Å²) in [6.07, 6.45) is 3.20. The number of fused-ring (bicyclic) bond motifs is 3. The zero-order chi connectivity index (χ0) is 13.7. The number of aromatic nitrogens is 3. The first-order chi connectivity index (χ1) is 9.74. The number of hydrogen-bond acceptors (Lipinski definition) is 3. The zero-order valence-corrected chi connectivity index (χ0v) is 11.5. The monoisotopic (exact) mass is 284 g/mol. The molecule has 20 heavy (non-hydrogen) atoms. The summed E-state index contributed by atoms with van der Waals surface area (Å²) in [6.45, 7) is 0. The van der Waals surface area contributed by atoms with Crippen LogP contribution in [0, 0.1) is 0 Å². The molecule has 100 valence electrons. The highest BCUT2D eigenvalue weighted by Gasteiger charge is 2.23. The second kappa shape index (κ2) is 4.21. The number of halogens is 1. The summed E-state index contributed by atoms with van der Waals surface area (Å²) >= 11 is 6.10. The minimum Gasteiger partial charge on any atom is -0.384 e. The molecule has 3 aromatic rings. The maximum Gasteiger partial charge on any atom is 0.183 e. The molecule has 0 atom stereocenters. The third-order valence-corrected chi connectivity index (χ3v) is 4.13. The van der Waals surface area contributed by atoms with E-state index in [0.29, 0.717) is 11.5 Å². The summed E-state index contributed by atoms with van der Waals surface area (Å²) in [6, 6.07) is 7.80. The van der Waals surface area contributed by atoms with Crippen LogP contribution >= 0.6 is 11.6 Å². The van der Waals surface area contributed by atoms with Crippen LogP contribution in [0.3, 0.4) is 0 Å². The summed E-state index contributed by atoms with van der Waals surface area (Å²) in [5.41, 5.74) is 11.3. The van der Waals surface area contributed by atoms with Gasteiger partial charge in [-0.2, -0.15) is 5.10 Å². The van der Waals surface area contributed by atoms with Crippen LogP contribution in [0.15, 0.2) is 24.3 Å². The number of nitrogens with two attached hydrogens (primary N) is 1. The van der Waals surface area contributed by atoms with Crippen molar-refractivity contribution in [2.75, 3.05) is 5.73 Å². The van der Waals surface area contributed by atoms with Gasteiger partial charge in [-0.25, -0.2) is 4.98 Å². The highest BCUT2D eigenvalue weighted by Crippen LogP contribution is 2.37. The highest BCUT2D eigenvalue weighted by molar-refractivity contribution is 6.30. The Bertz CT molecular complexity index is 822. The van der Waals surface area contributed by atoms with E-state index in [4.69, 9.17) is 22.3 Å². The number of nitrogen functional groups attached to an aromatic ring is 1. The molecule has 2 heterocycles. The Kier molecular flexibility index (Phi) is 2.47. The fraction of sp³-hybridized carbons (Fsp3) is 0.200. The molecule has 0 aliphatic heterocycles. The Labute approximate surface area is 121 Å². The molecule has 1 aliphatic carbocycles. The quantitative estimate of drug-likeness (QED) is 0.720. The maximum atomic E-state index is 6.10. The number of nitrogens with one attached hydrogen (secondary N) is 1. The van der Waals surface area contributed by atoms with E-state index in [-0.39, 0.29) is 0 Å². The molecule has 0 spiro atoms. The molecule has 0 saturated carbocycles. The molecular weight excluding hydrogens is 272 g/mol. The van der Waals surface area contributed by atoms with E-state index in [2.05, 4.69) is 10.2 Å². The van der Waals surface area contributed by atoms with Crippen molar-refractivity contribution in [1.82, 2.24) is 15.2 Å². The Balaban J connectivity index is 2.06. The molecule has 0 radical (unpaired) electrons. The Morgan fingerprint density at radius 3 is 2.90 bits per heavy atom. The molecule has 0 amide bonds. The summed E-state index contributed by atoms with van der Waals surface area (Å²) < 4.78 is 0. The van der Waals surface area contributed by atoms with Crippen LogP contribution in [0.1, 0.15) is 17.5 Å². The lowest BCUT2D eigenvalue weighted by molar-refractivity contribution is 0.913. The third-order valence-electron chi connectivity index (χ3n) is 3.90. The van der Waals surface area contributed by atoms with Gasteiger partial charge in [-0.3, -0.25) is 5.10 Å². The number of nitrogens with zero attached hydrogens (tertiary/aromatic N) is 2. The molecule has 2 aromatic heterocycles. The van der Waals surface area contributed by atoms with Gasteiger partial charge in [-0.05, 0) is 42.5 Å². The average Bonchev–Trinajstić information content (AvgIpc) is 3.04. The van der Waals surface area contributed by atoms with Gasteiger partial charge in [0.25, 0.3) is 0 Å². The van der Waals surface area contributed by atoms with Gasteiger partial charge >= 0.3 is 0 Å². The predicted molar refractivity (Wildman–Crippen MR) is 80.8 cm³/mol. The molecule has 5 heteroatoms. The van der Waals surface area contributed by atoms with E-state index in [1.165, 1.54) is 11.1 Å². The van der Waals surface area contributed by atoms with Gasteiger partial charge in [0.1, 0.15) is 5.82 Å². The molecule has 0 unspecified atom stereocenters. The van der Waals surface area contributed by atoms with Crippen molar-refractivity contribution in [2.45, 2.75) is 19.3 Å². The molecule has 1 aliphatic rings. The Hall–Kier alpha value is -2.07. The van der Waals surface area contributed by atoms with Crippen LogP contribution in [0.25, 0.3) is 22.3 Å². The van der Waals surface area contributed by atoms with Crippen molar-refractivity contribution in [3.05, 3.63) is 40.4 Å². The van der Waals surface area contributed by atoms with Gasteiger partial charge in [0, 0.05) is 10.6 Å². The fourth-order valence-corrected chi connectivity index (χ4v) is 3.24. The number of aromatic amines is 1. The van der Waals surface area contributed by atoms with Crippen LogP contribution in [-0.2, 0) is 12.8 Å². The van der Waals surface area contributed by atoms with Crippen molar-refractivity contribution < 1.29 is 0 Å². The summed E-state index contributed by atoms with van der Waals surface area (Å²) in [7, 11) is 0. The number of aryl methyl sites for hydroxylation is 1. The number of anilines is 1. The van der Waals surface area contributed by atoms with Gasteiger partial charge in [-0.1, -0.05) is 23.7 Å². The fourth-order valence-electron chi connectivity index (χ4n) is 3.05. The Morgan fingerprint density at radius 2 is 2.05 bits per heavy atom. The first kappa shape index (κ1) is 11.7. The number of H-pyrrole nitrogens is 1. The minimum atomic E-state index is 0.614. The van der Waals surface area contributed by atoms with E-state index in [1.54, 1.807) is 0 Å². The molecule has 3 N–H and O–H groups in total. The normalized spacial score (nSPS) is 13.8.